The minimum Gasteiger partial charge on any atom is -0.469 e. The van der Waals surface area contributed by atoms with Crippen molar-refractivity contribution < 1.29 is 17.9 Å². The van der Waals surface area contributed by atoms with E-state index in [-0.39, 0.29) is 11.3 Å². The number of methoxy groups -OCH3 is 1. The van der Waals surface area contributed by atoms with Gasteiger partial charge >= 0.3 is 5.97 Å². The molecular formula is C16H15BrClNO4S. The lowest BCUT2D eigenvalue weighted by molar-refractivity contribution is -0.141. The summed E-state index contributed by atoms with van der Waals surface area (Å²) in [6.45, 7) is 0. The Morgan fingerprint density at radius 1 is 1.25 bits per heavy atom. The summed E-state index contributed by atoms with van der Waals surface area (Å²) >= 11 is 9.18. The fourth-order valence-corrected chi connectivity index (χ4v) is 3.85. The van der Waals surface area contributed by atoms with Gasteiger partial charge in [-0.1, -0.05) is 45.7 Å². The number of rotatable bonds is 6. The lowest BCUT2D eigenvalue weighted by Gasteiger charge is -2.18. The molecule has 0 bridgehead atoms. The maximum Gasteiger partial charge on any atom is 0.307 e. The van der Waals surface area contributed by atoms with E-state index in [0.29, 0.717) is 10.6 Å². The van der Waals surface area contributed by atoms with Crippen molar-refractivity contribution >= 4 is 43.5 Å². The van der Waals surface area contributed by atoms with Gasteiger partial charge in [-0.15, -0.1) is 0 Å². The highest BCUT2D eigenvalue weighted by molar-refractivity contribution is 9.10. The highest BCUT2D eigenvalue weighted by Crippen LogP contribution is 2.24. The van der Waals surface area contributed by atoms with Crippen LogP contribution < -0.4 is 4.72 Å². The van der Waals surface area contributed by atoms with E-state index in [1.54, 1.807) is 36.4 Å². The molecule has 2 aromatic rings. The number of carbonyl (C=O) groups excluding carboxylic acids is 1. The number of hydrogen-bond donors (Lipinski definition) is 1. The molecule has 2 rings (SSSR count). The number of carbonyl (C=O) groups is 1. The van der Waals surface area contributed by atoms with E-state index in [1.807, 2.05) is 0 Å². The average Bonchev–Trinajstić information content (AvgIpc) is 2.54. The molecule has 24 heavy (non-hydrogen) atoms. The summed E-state index contributed by atoms with van der Waals surface area (Å²) in [5, 5.41) is 0.311. The topological polar surface area (TPSA) is 72.5 Å². The Kier molecular flexibility index (Phi) is 6.40. The summed E-state index contributed by atoms with van der Waals surface area (Å²) in [6, 6.07) is 12.2. The molecule has 2 aromatic carbocycles. The molecule has 0 spiro atoms. The first-order valence-corrected chi connectivity index (χ1v) is 9.57. The molecular weight excluding hydrogens is 418 g/mol. The van der Waals surface area contributed by atoms with Crippen molar-refractivity contribution in [1.29, 1.82) is 0 Å². The Hall–Kier alpha value is -1.41. The molecule has 1 N–H and O–H groups in total. The number of esters is 1. The Bertz CT molecular complexity index is 824. The number of halogens is 2. The van der Waals surface area contributed by atoms with Gasteiger partial charge in [0, 0.05) is 9.50 Å². The molecule has 5 nitrogen and oxygen atoms in total. The molecule has 128 valence electrons. The van der Waals surface area contributed by atoms with Crippen molar-refractivity contribution in [1.82, 2.24) is 4.72 Å². The Labute approximate surface area is 154 Å². The van der Waals surface area contributed by atoms with E-state index in [0.717, 1.165) is 4.47 Å². The van der Waals surface area contributed by atoms with Crippen molar-refractivity contribution in [2.45, 2.75) is 17.4 Å². The molecule has 0 saturated carbocycles. The quantitative estimate of drug-likeness (QED) is 0.707. The minimum absolute atomic E-state index is 0.0296. The number of benzene rings is 2. The number of ether oxygens (including phenoxy) is 1. The van der Waals surface area contributed by atoms with E-state index in [1.165, 1.54) is 19.2 Å². The van der Waals surface area contributed by atoms with Gasteiger partial charge < -0.3 is 4.74 Å². The molecule has 0 fully saturated rings. The van der Waals surface area contributed by atoms with Gasteiger partial charge in [0.2, 0.25) is 10.0 Å². The highest BCUT2D eigenvalue weighted by Gasteiger charge is 2.24. The standard InChI is InChI=1S/C16H15BrClNO4S/c1-23-16(20)10-15(11-5-7-12(17)8-6-11)19-24(21,22)14-4-2-3-13(18)9-14/h2-9,15,19H,10H2,1H3/t15-/m0/s1. The molecule has 0 radical (unpaired) electrons. The number of sulfonamides is 1. The first kappa shape index (κ1) is 18.9. The summed E-state index contributed by atoms with van der Waals surface area (Å²) in [4.78, 5) is 11.7. The van der Waals surface area contributed by atoms with Gasteiger partial charge in [0.05, 0.1) is 24.5 Å². The molecule has 0 unspecified atom stereocenters. The van der Waals surface area contributed by atoms with E-state index < -0.39 is 22.0 Å². The fraction of sp³-hybridized carbons (Fsp3) is 0.188. The third kappa shape index (κ3) is 5.04. The van der Waals surface area contributed by atoms with E-state index in [4.69, 9.17) is 11.6 Å². The van der Waals surface area contributed by atoms with Crippen LogP contribution in [0, 0.1) is 0 Å². The first-order chi connectivity index (χ1) is 11.3. The van der Waals surface area contributed by atoms with Gasteiger partial charge in [-0.25, -0.2) is 13.1 Å². The van der Waals surface area contributed by atoms with E-state index >= 15 is 0 Å². The molecule has 0 aromatic heterocycles. The lowest BCUT2D eigenvalue weighted by Crippen LogP contribution is -2.30. The van der Waals surface area contributed by atoms with Crippen LogP contribution in [0.3, 0.4) is 0 Å². The van der Waals surface area contributed by atoms with Gasteiger partial charge in [-0.3, -0.25) is 4.79 Å². The zero-order valence-electron chi connectivity index (χ0n) is 12.7. The minimum atomic E-state index is -3.85. The Morgan fingerprint density at radius 3 is 2.50 bits per heavy atom. The SMILES string of the molecule is COC(=O)C[C@H](NS(=O)(=O)c1cccc(Cl)c1)c1ccc(Br)cc1. The van der Waals surface area contributed by atoms with Crippen LogP contribution in [-0.2, 0) is 19.6 Å². The number of nitrogens with one attached hydrogen (secondary N) is 1. The second-order valence-corrected chi connectivity index (χ2v) is 8.03. The summed E-state index contributed by atoms with van der Waals surface area (Å²) in [7, 11) is -2.59. The summed E-state index contributed by atoms with van der Waals surface area (Å²) in [5.41, 5.74) is 0.647. The zero-order chi connectivity index (χ0) is 17.7. The average molecular weight is 433 g/mol. The second-order valence-electron chi connectivity index (χ2n) is 4.96. The predicted octanol–water partition coefficient (Wildman–Crippen LogP) is 3.69. The molecule has 0 amide bonds. The van der Waals surface area contributed by atoms with Crippen molar-refractivity contribution in [2.24, 2.45) is 0 Å². The van der Waals surface area contributed by atoms with Crippen molar-refractivity contribution in [3.8, 4) is 0 Å². The van der Waals surface area contributed by atoms with Gasteiger partial charge in [0.1, 0.15) is 0 Å². The monoisotopic (exact) mass is 431 g/mol. The third-order valence-electron chi connectivity index (χ3n) is 3.27. The van der Waals surface area contributed by atoms with Crippen molar-refractivity contribution in [2.75, 3.05) is 7.11 Å². The maximum atomic E-state index is 12.6. The van der Waals surface area contributed by atoms with Gasteiger partial charge in [-0.05, 0) is 35.9 Å². The molecule has 1 atom stereocenters. The summed E-state index contributed by atoms with van der Waals surface area (Å²) in [5.74, 6) is -0.517. The van der Waals surface area contributed by atoms with Crippen LogP contribution in [0.15, 0.2) is 57.9 Å². The largest absolute Gasteiger partial charge is 0.469 e. The first-order valence-electron chi connectivity index (χ1n) is 6.92. The lowest BCUT2D eigenvalue weighted by atomic mass is 10.1. The molecule has 0 saturated heterocycles. The van der Waals surface area contributed by atoms with Crippen LogP contribution in [0.2, 0.25) is 5.02 Å². The smallest absolute Gasteiger partial charge is 0.307 e. The Morgan fingerprint density at radius 2 is 1.92 bits per heavy atom. The molecule has 0 heterocycles. The van der Waals surface area contributed by atoms with E-state index in [2.05, 4.69) is 25.4 Å². The predicted molar refractivity (Wildman–Crippen MR) is 95.3 cm³/mol. The van der Waals surface area contributed by atoms with E-state index in [9.17, 15) is 13.2 Å². The van der Waals surface area contributed by atoms with Gasteiger partial charge in [-0.2, -0.15) is 0 Å². The van der Waals surface area contributed by atoms with Crippen LogP contribution in [0.5, 0.6) is 0 Å². The van der Waals surface area contributed by atoms with Crippen LogP contribution in [0.25, 0.3) is 0 Å². The Balaban J connectivity index is 2.33. The van der Waals surface area contributed by atoms with Crippen LogP contribution in [0.1, 0.15) is 18.0 Å². The van der Waals surface area contributed by atoms with Crippen LogP contribution in [0.4, 0.5) is 0 Å². The number of hydrogen-bond acceptors (Lipinski definition) is 4. The molecule has 0 aliphatic rings. The maximum absolute atomic E-state index is 12.6. The van der Waals surface area contributed by atoms with Crippen LogP contribution >= 0.6 is 27.5 Å². The van der Waals surface area contributed by atoms with Crippen molar-refractivity contribution in [3.63, 3.8) is 0 Å². The molecule has 8 heteroatoms. The van der Waals surface area contributed by atoms with Crippen LogP contribution in [-0.4, -0.2) is 21.5 Å². The van der Waals surface area contributed by atoms with Gasteiger partial charge in [0.25, 0.3) is 0 Å². The fourth-order valence-electron chi connectivity index (χ4n) is 2.06. The highest BCUT2D eigenvalue weighted by atomic mass is 79.9. The third-order valence-corrected chi connectivity index (χ3v) is 5.51. The summed E-state index contributed by atoms with van der Waals surface area (Å²) in [6.07, 6.45) is -0.127. The summed E-state index contributed by atoms with van der Waals surface area (Å²) < 4.78 is 33.2. The normalized spacial score (nSPS) is 12.6. The zero-order valence-corrected chi connectivity index (χ0v) is 15.9. The van der Waals surface area contributed by atoms with Crippen molar-refractivity contribution in [3.05, 3.63) is 63.6 Å². The molecule has 0 aliphatic carbocycles. The molecule has 0 aliphatic heterocycles. The van der Waals surface area contributed by atoms with Gasteiger partial charge in [0.15, 0.2) is 0 Å². The second kappa shape index (κ2) is 8.11.